The SMILES string of the molecule is CC1(C)c2ccccc2-c2ccc(-c3cccc(-c4cccc(C5=CC(c6ccccc6)=NC(c6ccccc6)C5)c4)c3)cc21. The normalized spacial score (nSPS) is 16.4. The van der Waals surface area contributed by atoms with Gasteiger partial charge in [-0.2, -0.15) is 0 Å². The minimum atomic E-state index is -0.0128. The van der Waals surface area contributed by atoms with Crippen LogP contribution in [0, 0.1) is 0 Å². The molecule has 1 atom stereocenters. The molecule has 0 saturated carbocycles. The lowest BCUT2D eigenvalue weighted by Gasteiger charge is -2.23. The van der Waals surface area contributed by atoms with E-state index in [9.17, 15) is 0 Å². The molecule has 1 aliphatic carbocycles. The van der Waals surface area contributed by atoms with Crippen molar-refractivity contribution in [3.63, 3.8) is 0 Å². The van der Waals surface area contributed by atoms with Crippen LogP contribution in [0.15, 0.2) is 163 Å². The zero-order chi connectivity index (χ0) is 30.4. The van der Waals surface area contributed by atoms with E-state index in [1.165, 1.54) is 61.2 Å². The molecule has 0 bridgehead atoms. The van der Waals surface area contributed by atoms with Gasteiger partial charge in [-0.1, -0.05) is 147 Å². The molecule has 1 heteroatoms. The van der Waals surface area contributed by atoms with Gasteiger partial charge in [0.25, 0.3) is 0 Å². The molecule has 2 aliphatic rings. The van der Waals surface area contributed by atoms with Crippen LogP contribution < -0.4 is 0 Å². The fourth-order valence-electron chi connectivity index (χ4n) is 7.18. The second kappa shape index (κ2) is 11.0. The maximum Gasteiger partial charge on any atom is 0.0796 e. The number of benzene rings is 6. The van der Waals surface area contributed by atoms with Gasteiger partial charge in [-0.05, 0) is 97.5 Å². The lowest BCUT2D eigenvalue weighted by Crippen LogP contribution is -2.14. The van der Waals surface area contributed by atoms with Crippen LogP contribution in [-0.4, -0.2) is 5.71 Å². The minimum Gasteiger partial charge on any atom is -0.276 e. The lowest BCUT2D eigenvalue weighted by atomic mass is 9.81. The second-order valence-corrected chi connectivity index (χ2v) is 12.8. The molecule has 1 unspecified atom stereocenters. The molecule has 0 N–H and O–H groups in total. The Morgan fingerprint density at radius 1 is 0.489 bits per heavy atom. The zero-order valence-electron chi connectivity index (χ0n) is 25.7. The Morgan fingerprint density at radius 2 is 1.04 bits per heavy atom. The Morgan fingerprint density at radius 3 is 1.78 bits per heavy atom. The van der Waals surface area contributed by atoms with Crippen LogP contribution in [0.3, 0.4) is 0 Å². The zero-order valence-corrected chi connectivity index (χ0v) is 25.7. The van der Waals surface area contributed by atoms with Crippen LogP contribution in [0.25, 0.3) is 39.0 Å². The summed E-state index contributed by atoms with van der Waals surface area (Å²) in [6.07, 6.45) is 3.16. The first-order chi connectivity index (χ1) is 22.0. The molecular formula is C44H35N. The van der Waals surface area contributed by atoms with E-state index in [1.807, 2.05) is 0 Å². The smallest absolute Gasteiger partial charge is 0.0796 e. The van der Waals surface area contributed by atoms with E-state index >= 15 is 0 Å². The van der Waals surface area contributed by atoms with Gasteiger partial charge in [-0.3, -0.25) is 4.99 Å². The van der Waals surface area contributed by atoms with Gasteiger partial charge in [0.15, 0.2) is 0 Å². The number of allylic oxidation sites excluding steroid dienone is 1. The number of fused-ring (bicyclic) bond motifs is 3. The van der Waals surface area contributed by atoms with E-state index in [0.29, 0.717) is 0 Å². The van der Waals surface area contributed by atoms with Gasteiger partial charge in [0.05, 0.1) is 11.8 Å². The Kier molecular flexibility index (Phi) is 6.68. The number of nitrogens with zero attached hydrogens (tertiary/aromatic N) is 1. The molecule has 0 fully saturated rings. The first-order valence-corrected chi connectivity index (χ1v) is 15.9. The Labute approximate surface area is 266 Å². The molecule has 0 aromatic heterocycles. The molecular weight excluding hydrogens is 542 g/mol. The monoisotopic (exact) mass is 577 g/mol. The van der Waals surface area contributed by atoms with Crippen molar-refractivity contribution < 1.29 is 0 Å². The average Bonchev–Trinajstić information content (AvgIpc) is 3.34. The van der Waals surface area contributed by atoms with Gasteiger partial charge < -0.3 is 0 Å². The van der Waals surface area contributed by atoms with Crippen LogP contribution >= 0.6 is 0 Å². The molecule has 216 valence electrons. The molecule has 1 aliphatic heterocycles. The largest absolute Gasteiger partial charge is 0.276 e. The number of hydrogen-bond donors (Lipinski definition) is 0. The fourth-order valence-corrected chi connectivity index (χ4v) is 7.18. The highest BCUT2D eigenvalue weighted by Gasteiger charge is 2.35. The summed E-state index contributed by atoms with van der Waals surface area (Å²) in [6.45, 7) is 4.69. The average molecular weight is 578 g/mol. The predicted molar refractivity (Wildman–Crippen MR) is 190 cm³/mol. The predicted octanol–water partition coefficient (Wildman–Crippen LogP) is 11.3. The van der Waals surface area contributed by atoms with Crippen LogP contribution in [0.1, 0.15) is 54.1 Å². The van der Waals surface area contributed by atoms with E-state index in [1.54, 1.807) is 0 Å². The van der Waals surface area contributed by atoms with Gasteiger partial charge >= 0.3 is 0 Å². The van der Waals surface area contributed by atoms with E-state index in [2.05, 4.69) is 172 Å². The maximum atomic E-state index is 5.21. The van der Waals surface area contributed by atoms with Crippen molar-refractivity contribution in [2.45, 2.75) is 31.7 Å². The summed E-state index contributed by atoms with van der Waals surface area (Å²) in [5.41, 5.74) is 16.5. The third kappa shape index (κ3) is 4.95. The van der Waals surface area contributed by atoms with E-state index in [4.69, 9.17) is 4.99 Å². The summed E-state index contributed by atoms with van der Waals surface area (Å²) < 4.78 is 0. The first kappa shape index (κ1) is 27.3. The van der Waals surface area contributed by atoms with Crippen molar-refractivity contribution in [3.8, 4) is 33.4 Å². The Balaban J connectivity index is 1.15. The quantitative estimate of drug-likeness (QED) is 0.193. The van der Waals surface area contributed by atoms with Gasteiger partial charge in [0, 0.05) is 5.41 Å². The molecule has 45 heavy (non-hydrogen) atoms. The summed E-state index contributed by atoms with van der Waals surface area (Å²) in [4.78, 5) is 5.21. The third-order valence-corrected chi connectivity index (χ3v) is 9.62. The van der Waals surface area contributed by atoms with Gasteiger partial charge in [0.1, 0.15) is 0 Å². The van der Waals surface area contributed by atoms with Crippen molar-refractivity contribution in [2.24, 2.45) is 4.99 Å². The molecule has 1 heterocycles. The number of rotatable bonds is 5. The summed E-state index contributed by atoms with van der Waals surface area (Å²) in [6, 6.07) is 55.2. The van der Waals surface area contributed by atoms with Gasteiger partial charge in [0.2, 0.25) is 0 Å². The second-order valence-electron chi connectivity index (χ2n) is 12.8. The van der Waals surface area contributed by atoms with E-state index in [0.717, 1.165) is 17.7 Å². The third-order valence-electron chi connectivity index (χ3n) is 9.62. The molecule has 0 spiro atoms. The Bertz CT molecular complexity index is 2100. The molecule has 6 aromatic carbocycles. The topological polar surface area (TPSA) is 12.4 Å². The standard InChI is InChI=1S/C44H35N/c1-44(2)40-22-10-9-21-38(40)39-24-23-36(27-41(39)44)34-19-11-17-32(25-34)33-18-12-20-35(26-33)37-28-42(30-13-5-3-6-14-30)45-43(29-37)31-15-7-4-8-16-31/h3-28,43H,29H2,1-2H3. The van der Waals surface area contributed by atoms with Crippen molar-refractivity contribution >= 4 is 11.3 Å². The highest BCUT2D eigenvalue weighted by Crippen LogP contribution is 2.49. The number of aliphatic imine (C=N–C) groups is 1. The lowest BCUT2D eigenvalue weighted by molar-refractivity contribution is 0.660. The highest BCUT2D eigenvalue weighted by atomic mass is 14.8. The van der Waals surface area contributed by atoms with E-state index in [-0.39, 0.29) is 11.5 Å². The van der Waals surface area contributed by atoms with Crippen molar-refractivity contribution in [3.05, 3.63) is 186 Å². The van der Waals surface area contributed by atoms with Crippen molar-refractivity contribution in [1.82, 2.24) is 0 Å². The molecule has 0 amide bonds. The molecule has 6 aromatic rings. The fraction of sp³-hybridized carbons (Fsp3) is 0.114. The summed E-state index contributed by atoms with van der Waals surface area (Å²) in [5, 5.41) is 0. The highest BCUT2D eigenvalue weighted by molar-refractivity contribution is 6.13. The molecule has 8 rings (SSSR count). The Hall–Kier alpha value is -5.27. The van der Waals surface area contributed by atoms with Crippen LogP contribution in [0.2, 0.25) is 0 Å². The van der Waals surface area contributed by atoms with Gasteiger partial charge in [-0.15, -0.1) is 0 Å². The van der Waals surface area contributed by atoms with E-state index < -0.39 is 0 Å². The van der Waals surface area contributed by atoms with Crippen molar-refractivity contribution in [1.29, 1.82) is 0 Å². The van der Waals surface area contributed by atoms with Crippen molar-refractivity contribution in [2.75, 3.05) is 0 Å². The molecule has 1 nitrogen and oxygen atoms in total. The first-order valence-electron chi connectivity index (χ1n) is 15.9. The maximum absolute atomic E-state index is 5.21. The minimum absolute atomic E-state index is 0.0128. The number of dihydropyridines is 1. The molecule has 0 saturated heterocycles. The van der Waals surface area contributed by atoms with Gasteiger partial charge in [-0.25, -0.2) is 0 Å². The molecule has 0 radical (unpaired) electrons. The summed E-state index contributed by atoms with van der Waals surface area (Å²) >= 11 is 0. The van der Waals surface area contributed by atoms with Crippen LogP contribution in [-0.2, 0) is 5.41 Å². The van der Waals surface area contributed by atoms with Crippen LogP contribution in [0.5, 0.6) is 0 Å². The summed E-state index contributed by atoms with van der Waals surface area (Å²) in [5.74, 6) is 0. The number of hydrogen-bond acceptors (Lipinski definition) is 1. The summed E-state index contributed by atoms with van der Waals surface area (Å²) in [7, 11) is 0. The van der Waals surface area contributed by atoms with Crippen LogP contribution in [0.4, 0.5) is 0 Å².